The Morgan fingerprint density at radius 2 is 2.15 bits per heavy atom. The highest BCUT2D eigenvalue weighted by molar-refractivity contribution is 7.99. The van der Waals surface area contributed by atoms with E-state index < -0.39 is 0 Å². The molecule has 2 aromatic heterocycles. The Kier molecular flexibility index (Phi) is 5.68. The molecule has 3 rings (SSSR count). The lowest BCUT2D eigenvalue weighted by Crippen LogP contribution is -2.18. The van der Waals surface area contributed by atoms with Gasteiger partial charge in [0.2, 0.25) is 5.91 Å². The maximum Gasteiger partial charge on any atom is 0.236 e. The van der Waals surface area contributed by atoms with Gasteiger partial charge in [-0.05, 0) is 19.1 Å². The van der Waals surface area contributed by atoms with Crippen molar-refractivity contribution in [1.82, 2.24) is 24.5 Å². The monoisotopic (exact) mass is 379 g/mol. The molecule has 27 heavy (non-hydrogen) atoms. The SMILES string of the molecule is C=CCn1c(C)nnc1SCC(=O)Nc1c(C#N)cnn1-c1ccccc1. The molecule has 2 heterocycles. The Morgan fingerprint density at radius 3 is 2.85 bits per heavy atom. The number of nitrogens with one attached hydrogen (secondary N) is 1. The quantitative estimate of drug-likeness (QED) is 0.500. The summed E-state index contributed by atoms with van der Waals surface area (Å²) in [4.78, 5) is 12.5. The second-order valence-corrected chi connectivity index (χ2v) is 6.47. The molecule has 1 aromatic carbocycles. The Bertz CT molecular complexity index is 1000. The van der Waals surface area contributed by atoms with Gasteiger partial charge in [-0.1, -0.05) is 36.0 Å². The van der Waals surface area contributed by atoms with Crippen molar-refractivity contribution in [3.8, 4) is 11.8 Å². The lowest BCUT2D eigenvalue weighted by Gasteiger charge is -2.09. The number of carbonyl (C=O) groups excluding carboxylic acids is 1. The molecule has 1 N–H and O–H groups in total. The number of thioether (sulfide) groups is 1. The number of amides is 1. The molecule has 0 bridgehead atoms. The normalized spacial score (nSPS) is 10.4. The highest BCUT2D eigenvalue weighted by atomic mass is 32.2. The summed E-state index contributed by atoms with van der Waals surface area (Å²) in [6, 6.07) is 11.3. The minimum Gasteiger partial charge on any atom is -0.309 e. The van der Waals surface area contributed by atoms with Gasteiger partial charge >= 0.3 is 0 Å². The summed E-state index contributed by atoms with van der Waals surface area (Å²) in [5.74, 6) is 0.963. The average Bonchev–Trinajstić information content (AvgIpc) is 3.25. The zero-order valence-electron chi connectivity index (χ0n) is 14.7. The van der Waals surface area contributed by atoms with Gasteiger partial charge in [0.25, 0.3) is 0 Å². The molecular formula is C18H17N7OS. The van der Waals surface area contributed by atoms with Crippen LogP contribution in [0.15, 0.2) is 54.3 Å². The van der Waals surface area contributed by atoms with Crippen molar-refractivity contribution < 1.29 is 4.79 Å². The van der Waals surface area contributed by atoms with Crippen molar-refractivity contribution >= 4 is 23.5 Å². The van der Waals surface area contributed by atoms with Crippen molar-refractivity contribution in [3.05, 3.63) is 60.6 Å². The Hall–Kier alpha value is -3.38. The molecule has 0 saturated carbocycles. The smallest absolute Gasteiger partial charge is 0.236 e. The molecule has 0 radical (unpaired) electrons. The Morgan fingerprint density at radius 1 is 1.37 bits per heavy atom. The Balaban J connectivity index is 1.74. The first kappa shape index (κ1) is 18.4. The van der Waals surface area contributed by atoms with Crippen LogP contribution in [-0.2, 0) is 11.3 Å². The molecule has 0 unspecified atom stereocenters. The van der Waals surface area contributed by atoms with Crippen LogP contribution in [0.25, 0.3) is 5.69 Å². The summed E-state index contributed by atoms with van der Waals surface area (Å²) in [6.45, 7) is 6.13. The van der Waals surface area contributed by atoms with Gasteiger partial charge in [0, 0.05) is 6.54 Å². The highest BCUT2D eigenvalue weighted by Gasteiger charge is 2.16. The highest BCUT2D eigenvalue weighted by Crippen LogP contribution is 2.21. The van der Waals surface area contributed by atoms with Crippen molar-refractivity contribution in [2.45, 2.75) is 18.6 Å². The van der Waals surface area contributed by atoms with Crippen LogP contribution in [-0.4, -0.2) is 36.2 Å². The van der Waals surface area contributed by atoms with E-state index in [1.807, 2.05) is 41.8 Å². The largest absolute Gasteiger partial charge is 0.309 e. The van der Waals surface area contributed by atoms with Gasteiger partial charge in [0.15, 0.2) is 11.0 Å². The third kappa shape index (κ3) is 4.07. The molecule has 0 fully saturated rings. The lowest BCUT2D eigenvalue weighted by atomic mass is 10.3. The third-order valence-electron chi connectivity index (χ3n) is 3.69. The summed E-state index contributed by atoms with van der Waals surface area (Å²) < 4.78 is 3.41. The van der Waals surface area contributed by atoms with Crippen molar-refractivity contribution in [1.29, 1.82) is 5.26 Å². The molecular weight excluding hydrogens is 362 g/mol. The summed E-state index contributed by atoms with van der Waals surface area (Å²) in [7, 11) is 0. The fourth-order valence-corrected chi connectivity index (χ4v) is 3.21. The number of allylic oxidation sites excluding steroid dienone is 1. The predicted octanol–water partition coefficient (Wildman–Crippen LogP) is 2.56. The van der Waals surface area contributed by atoms with E-state index in [0.717, 1.165) is 11.5 Å². The molecule has 0 aliphatic heterocycles. The van der Waals surface area contributed by atoms with Crippen LogP contribution < -0.4 is 5.32 Å². The van der Waals surface area contributed by atoms with Gasteiger partial charge < -0.3 is 9.88 Å². The van der Waals surface area contributed by atoms with Gasteiger partial charge in [-0.3, -0.25) is 4.79 Å². The van der Waals surface area contributed by atoms with Crippen LogP contribution in [0.2, 0.25) is 0 Å². The zero-order chi connectivity index (χ0) is 19.2. The third-order valence-corrected chi connectivity index (χ3v) is 4.66. The van der Waals surface area contributed by atoms with Crippen LogP contribution in [0.3, 0.4) is 0 Å². The number of hydrogen-bond donors (Lipinski definition) is 1. The van der Waals surface area contributed by atoms with E-state index in [9.17, 15) is 10.1 Å². The standard InChI is InChI=1S/C18H17N7OS/c1-3-9-24-13(2)22-23-18(24)27-12-16(26)21-17-14(10-19)11-20-25(17)15-7-5-4-6-8-15/h3-8,11H,1,9,12H2,2H3,(H,21,26). The summed E-state index contributed by atoms with van der Waals surface area (Å²) >= 11 is 1.27. The molecule has 8 nitrogen and oxygen atoms in total. The fourth-order valence-electron chi connectivity index (χ4n) is 2.42. The summed E-state index contributed by atoms with van der Waals surface area (Å²) in [5, 5.41) is 25.0. The molecule has 0 saturated heterocycles. The average molecular weight is 379 g/mol. The van der Waals surface area contributed by atoms with Crippen molar-refractivity contribution in [2.24, 2.45) is 0 Å². The van der Waals surface area contributed by atoms with E-state index in [1.54, 1.807) is 6.08 Å². The molecule has 0 aliphatic rings. The number of anilines is 1. The zero-order valence-corrected chi connectivity index (χ0v) is 15.5. The second kappa shape index (κ2) is 8.33. The van der Waals surface area contributed by atoms with Crippen LogP contribution >= 0.6 is 11.8 Å². The fraction of sp³-hybridized carbons (Fsp3) is 0.167. The predicted molar refractivity (Wildman–Crippen MR) is 103 cm³/mol. The molecule has 0 atom stereocenters. The van der Waals surface area contributed by atoms with E-state index in [2.05, 4.69) is 33.3 Å². The van der Waals surface area contributed by atoms with Gasteiger partial charge in [-0.15, -0.1) is 16.8 Å². The minimum atomic E-state index is -0.264. The maximum atomic E-state index is 12.5. The van der Waals surface area contributed by atoms with Gasteiger partial charge in [-0.25, -0.2) is 4.68 Å². The number of benzene rings is 1. The molecule has 0 aliphatic carbocycles. The second-order valence-electron chi connectivity index (χ2n) is 5.53. The number of carbonyl (C=O) groups is 1. The number of para-hydroxylation sites is 1. The Labute approximate surface area is 160 Å². The molecule has 136 valence electrons. The van der Waals surface area contributed by atoms with Crippen LogP contribution in [0.4, 0.5) is 5.82 Å². The number of aromatic nitrogens is 5. The molecule has 0 spiro atoms. The van der Waals surface area contributed by atoms with E-state index in [4.69, 9.17) is 0 Å². The molecule has 1 amide bonds. The van der Waals surface area contributed by atoms with Crippen LogP contribution in [0, 0.1) is 18.3 Å². The van der Waals surface area contributed by atoms with Gasteiger partial charge in [0.1, 0.15) is 17.5 Å². The minimum absolute atomic E-state index is 0.125. The van der Waals surface area contributed by atoms with E-state index in [1.165, 1.54) is 22.6 Å². The first-order valence-electron chi connectivity index (χ1n) is 8.11. The number of hydrogen-bond acceptors (Lipinski definition) is 6. The first-order valence-corrected chi connectivity index (χ1v) is 9.09. The number of aryl methyl sites for hydroxylation is 1. The van der Waals surface area contributed by atoms with Crippen molar-refractivity contribution in [2.75, 3.05) is 11.1 Å². The van der Waals surface area contributed by atoms with Gasteiger partial charge in [-0.2, -0.15) is 10.4 Å². The van der Waals surface area contributed by atoms with E-state index in [0.29, 0.717) is 23.1 Å². The molecule has 9 heteroatoms. The topological polar surface area (TPSA) is 101 Å². The first-order chi connectivity index (χ1) is 13.1. The number of rotatable bonds is 7. The van der Waals surface area contributed by atoms with E-state index >= 15 is 0 Å². The van der Waals surface area contributed by atoms with Crippen LogP contribution in [0.5, 0.6) is 0 Å². The number of nitrogens with zero attached hydrogens (tertiary/aromatic N) is 6. The van der Waals surface area contributed by atoms with Gasteiger partial charge in [0.05, 0.1) is 17.6 Å². The summed E-state index contributed by atoms with van der Waals surface area (Å²) in [6.07, 6.45) is 3.18. The summed E-state index contributed by atoms with van der Waals surface area (Å²) in [5.41, 5.74) is 1.05. The van der Waals surface area contributed by atoms with E-state index in [-0.39, 0.29) is 11.7 Å². The molecule has 3 aromatic rings. The van der Waals surface area contributed by atoms with Crippen LogP contribution in [0.1, 0.15) is 11.4 Å². The van der Waals surface area contributed by atoms with Crippen molar-refractivity contribution in [3.63, 3.8) is 0 Å². The number of nitriles is 1. The maximum absolute atomic E-state index is 12.5. The lowest BCUT2D eigenvalue weighted by molar-refractivity contribution is -0.113.